The van der Waals surface area contributed by atoms with E-state index in [0.29, 0.717) is 30.6 Å². The van der Waals surface area contributed by atoms with Crippen molar-refractivity contribution >= 4 is 25.7 Å². The second kappa shape index (κ2) is 10.6. The molecule has 32 heavy (non-hydrogen) atoms. The Morgan fingerprint density at radius 3 is 2.66 bits per heavy atom. The van der Waals surface area contributed by atoms with Gasteiger partial charge in [0, 0.05) is 18.7 Å². The van der Waals surface area contributed by atoms with Gasteiger partial charge in [-0.25, -0.2) is 4.57 Å². The lowest BCUT2D eigenvalue weighted by molar-refractivity contribution is -0.132. The molecular weight excluding hydrogens is 431 g/mol. The Morgan fingerprint density at radius 1 is 1.22 bits per heavy atom. The Hall–Kier alpha value is -2.93. The lowest BCUT2D eigenvalue weighted by atomic mass is 10.1. The number of likely N-dealkylation sites (tertiary alicyclic amines) is 1. The quantitative estimate of drug-likeness (QED) is 0.549. The van der Waals surface area contributed by atoms with Gasteiger partial charge in [0.25, 0.3) is 5.91 Å². The van der Waals surface area contributed by atoms with E-state index < -0.39 is 19.8 Å². The molecule has 1 heterocycles. The van der Waals surface area contributed by atoms with Crippen molar-refractivity contribution in [2.24, 2.45) is 0 Å². The van der Waals surface area contributed by atoms with Crippen LogP contribution in [0.2, 0.25) is 0 Å². The predicted molar refractivity (Wildman–Crippen MR) is 121 cm³/mol. The summed E-state index contributed by atoms with van der Waals surface area (Å²) >= 11 is 0. The van der Waals surface area contributed by atoms with Gasteiger partial charge in [-0.1, -0.05) is 42.5 Å². The molecule has 3 rings (SSSR count). The maximum Gasteiger partial charge on any atom is 0.524 e. The maximum absolute atomic E-state index is 13.0. The van der Waals surface area contributed by atoms with Gasteiger partial charge in [0.2, 0.25) is 5.91 Å². The van der Waals surface area contributed by atoms with Crippen LogP contribution < -0.4 is 9.84 Å². The van der Waals surface area contributed by atoms with E-state index in [1.54, 1.807) is 11.8 Å². The van der Waals surface area contributed by atoms with E-state index in [-0.39, 0.29) is 11.7 Å². The fourth-order valence-corrected chi connectivity index (χ4v) is 4.01. The van der Waals surface area contributed by atoms with Crippen LogP contribution in [-0.4, -0.2) is 45.6 Å². The largest absolute Gasteiger partial charge is 0.524 e. The zero-order valence-electron chi connectivity index (χ0n) is 17.8. The van der Waals surface area contributed by atoms with E-state index in [0.717, 1.165) is 18.4 Å². The number of hydrogen-bond acceptors (Lipinski definition) is 4. The SMILES string of the molecule is Cc1cc(OP(=O)(O)O)ccc1C(=O)N[C@H]1CCCCN(CC=Cc2ccccc2)C1=O. The third-order valence-corrected chi connectivity index (χ3v) is 5.64. The number of carbonyl (C=O) groups excluding carboxylic acids is 2. The fraction of sp³-hybridized carbons (Fsp3) is 0.304. The molecule has 0 spiro atoms. The molecule has 0 aromatic heterocycles. The molecule has 170 valence electrons. The van der Waals surface area contributed by atoms with Crippen molar-refractivity contribution in [3.05, 3.63) is 71.3 Å². The number of amides is 2. The van der Waals surface area contributed by atoms with Crippen LogP contribution in [0.5, 0.6) is 5.75 Å². The van der Waals surface area contributed by atoms with Gasteiger partial charge in [-0.2, -0.15) is 0 Å². The molecular formula is C23H27N2O6P. The van der Waals surface area contributed by atoms with Crippen molar-refractivity contribution in [3.63, 3.8) is 0 Å². The Labute approximate surface area is 187 Å². The highest BCUT2D eigenvalue weighted by Gasteiger charge is 2.28. The highest BCUT2D eigenvalue weighted by atomic mass is 31.2. The lowest BCUT2D eigenvalue weighted by Crippen LogP contribution is -2.47. The molecule has 1 aliphatic rings. The Bertz CT molecular complexity index is 1030. The number of hydrogen-bond donors (Lipinski definition) is 3. The minimum Gasteiger partial charge on any atom is -0.404 e. The van der Waals surface area contributed by atoms with Crippen LogP contribution in [0, 0.1) is 6.92 Å². The van der Waals surface area contributed by atoms with Gasteiger partial charge in [0.15, 0.2) is 0 Å². The van der Waals surface area contributed by atoms with Gasteiger partial charge >= 0.3 is 7.82 Å². The molecule has 0 bridgehead atoms. The number of benzene rings is 2. The minimum atomic E-state index is -4.68. The molecule has 0 aliphatic carbocycles. The van der Waals surface area contributed by atoms with E-state index in [2.05, 4.69) is 9.84 Å². The van der Waals surface area contributed by atoms with Crippen LogP contribution in [-0.2, 0) is 9.36 Å². The maximum atomic E-state index is 13.0. The number of aryl methyl sites for hydroxylation is 1. The summed E-state index contributed by atoms with van der Waals surface area (Å²) in [5.74, 6) is -0.563. The predicted octanol–water partition coefficient (Wildman–Crippen LogP) is 3.29. The summed E-state index contributed by atoms with van der Waals surface area (Å²) < 4.78 is 15.5. The van der Waals surface area contributed by atoms with Crippen molar-refractivity contribution in [2.75, 3.05) is 13.1 Å². The molecule has 1 fully saturated rings. The second-order valence-corrected chi connectivity index (χ2v) is 8.84. The first-order valence-corrected chi connectivity index (χ1v) is 11.9. The molecule has 0 unspecified atom stereocenters. The van der Waals surface area contributed by atoms with Crippen molar-refractivity contribution in [1.82, 2.24) is 10.2 Å². The van der Waals surface area contributed by atoms with Crippen LogP contribution in [0.1, 0.15) is 40.7 Å². The van der Waals surface area contributed by atoms with E-state index in [1.165, 1.54) is 18.2 Å². The number of nitrogens with one attached hydrogen (secondary N) is 1. The van der Waals surface area contributed by atoms with Gasteiger partial charge in [0.05, 0.1) is 0 Å². The molecule has 1 aliphatic heterocycles. The molecule has 0 saturated carbocycles. The third-order valence-electron chi connectivity index (χ3n) is 5.19. The van der Waals surface area contributed by atoms with Crippen LogP contribution in [0.4, 0.5) is 0 Å². The van der Waals surface area contributed by atoms with E-state index in [1.807, 2.05) is 42.5 Å². The number of rotatable bonds is 7. The lowest BCUT2D eigenvalue weighted by Gasteiger charge is -2.24. The summed E-state index contributed by atoms with van der Waals surface area (Å²) in [6.45, 7) is 2.74. The summed E-state index contributed by atoms with van der Waals surface area (Å²) in [6, 6.07) is 13.3. The van der Waals surface area contributed by atoms with Gasteiger partial charge in [0.1, 0.15) is 11.8 Å². The summed E-state index contributed by atoms with van der Waals surface area (Å²) in [6.07, 6.45) is 6.16. The topological polar surface area (TPSA) is 116 Å². The summed E-state index contributed by atoms with van der Waals surface area (Å²) in [4.78, 5) is 45.4. The molecule has 8 nitrogen and oxygen atoms in total. The number of carbonyl (C=O) groups is 2. The average molecular weight is 458 g/mol. The number of nitrogens with zero attached hydrogens (tertiary/aromatic N) is 1. The number of phosphoric acid groups is 1. The average Bonchev–Trinajstić information content (AvgIpc) is 2.89. The summed E-state index contributed by atoms with van der Waals surface area (Å²) in [5.41, 5.74) is 1.86. The van der Waals surface area contributed by atoms with Gasteiger partial charge < -0.3 is 14.7 Å². The van der Waals surface area contributed by atoms with E-state index in [9.17, 15) is 14.2 Å². The number of phosphoric ester groups is 1. The Morgan fingerprint density at radius 2 is 1.97 bits per heavy atom. The molecule has 9 heteroatoms. The van der Waals surface area contributed by atoms with Crippen molar-refractivity contribution in [1.29, 1.82) is 0 Å². The first kappa shape index (κ1) is 23.7. The first-order valence-electron chi connectivity index (χ1n) is 10.4. The van der Waals surface area contributed by atoms with Gasteiger partial charge in [-0.05, 0) is 55.5 Å². The standard InChI is InChI=1S/C23H27N2O6P/c1-17-16-19(31-32(28,29)30)12-13-20(17)22(26)24-21-11-5-6-14-25(23(21)27)15-7-10-18-8-3-2-4-9-18/h2-4,7-10,12-13,16,21H,5-6,11,14-15H2,1H3,(H,24,26)(H2,28,29,30)/t21-/m0/s1. The zero-order chi connectivity index (χ0) is 23.1. The van der Waals surface area contributed by atoms with Gasteiger partial charge in [-0.3, -0.25) is 19.4 Å². The molecule has 1 saturated heterocycles. The van der Waals surface area contributed by atoms with Gasteiger partial charge in [-0.15, -0.1) is 0 Å². The summed E-state index contributed by atoms with van der Waals surface area (Å²) in [5, 5.41) is 2.82. The molecule has 3 N–H and O–H groups in total. The van der Waals surface area contributed by atoms with E-state index >= 15 is 0 Å². The zero-order valence-corrected chi connectivity index (χ0v) is 18.7. The van der Waals surface area contributed by atoms with Crippen molar-refractivity contribution in [2.45, 2.75) is 32.2 Å². The Kier molecular flexibility index (Phi) is 7.85. The third kappa shape index (κ3) is 6.79. The summed E-state index contributed by atoms with van der Waals surface area (Å²) in [7, 11) is -4.68. The molecule has 0 radical (unpaired) electrons. The van der Waals surface area contributed by atoms with Crippen molar-refractivity contribution in [3.8, 4) is 5.75 Å². The normalized spacial score (nSPS) is 17.3. The van der Waals surface area contributed by atoms with Crippen LogP contribution in [0.15, 0.2) is 54.6 Å². The van der Waals surface area contributed by atoms with Crippen LogP contribution in [0.25, 0.3) is 6.08 Å². The molecule has 2 amide bonds. The monoisotopic (exact) mass is 458 g/mol. The van der Waals surface area contributed by atoms with Crippen LogP contribution >= 0.6 is 7.82 Å². The molecule has 2 aromatic carbocycles. The van der Waals surface area contributed by atoms with E-state index in [4.69, 9.17) is 9.79 Å². The smallest absolute Gasteiger partial charge is 0.404 e. The molecule has 2 aromatic rings. The highest BCUT2D eigenvalue weighted by Crippen LogP contribution is 2.38. The second-order valence-electron chi connectivity index (χ2n) is 7.68. The van der Waals surface area contributed by atoms with Crippen LogP contribution in [0.3, 0.4) is 0 Å². The minimum absolute atomic E-state index is 0.0331. The fourth-order valence-electron chi connectivity index (χ4n) is 3.62. The first-order chi connectivity index (χ1) is 15.2. The highest BCUT2D eigenvalue weighted by molar-refractivity contribution is 7.46. The van der Waals surface area contributed by atoms with Crippen molar-refractivity contribution < 1.29 is 28.5 Å². The Balaban J connectivity index is 1.65. The molecule has 1 atom stereocenters.